The van der Waals surface area contributed by atoms with Crippen LogP contribution in [-0.4, -0.2) is 30.9 Å². The number of ether oxygens (including phenoxy) is 1. The van der Waals surface area contributed by atoms with Crippen molar-refractivity contribution in [2.24, 2.45) is 0 Å². The van der Waals surface area contributed by atoms with E-state index in [4.69, 9.17) is 4.74 Å². The van der Waals surface area contributed by atoms with Crippen molar-refractivity contribution in [2.75, 3.05) is 24.6 Å². The van der Waals surface area contributed by atoms with Crippen LogP contribution in [0.1, 0.15) is 16.9 Å². The highest BCUT2D eigenvalue weighted by atomic mass is 32.1. The Balaban J connectivity index is 1.50. The zero-order valence-electron chi connectivity index (χ0n) is 12.1. The normalized spacial score (nSPS) is 15.8. The molecule has 0 aliphatic carbocycles. The number of rotatable bonds is 6. The van der Waals surface area contributed by atoms with Gasteiger partial charge in [0.05, 0.1) is 19.3 Å². The molecule has 21 heavy (non-hydrogen) atoms. The van der Waals surface area contributed by atoms with Crippen LogP contribution < -0.4 is 4.90 Å². The van der Waals surface area contributed by atoms with E-state index >= 15 is 0 Å². The van der Waals surface area contributed by atoms with Crippen molar-refractivity contribution in [3.8, 4) is 0 Å². The number of fused-ring (bicyclic) bond motifs is 1. The van der Waals surface area contributed by atoms with Crippen molar-refractivity contribution in [3.05, 3.63) is 52.2 Å². The first-order chi connectivity index (χ1) is 10.3. The van der Waals surface area contributed by atoms with Crippen LogP contribution in [0.2, 0.25) is 0 Å². The van der Waals surface area contributed by atoms with Gasteiger partial charge in [-0.15, -0.1) is 11.3 Å². The number of nitrogens with zero attached hydrogens (tertiary/aromatic N) is 1. The molecule has 3 nitrogen and oxygen atoms in total. The summed E-state index contributed by atoms with van der Waals surface area (Å²) in [6.07, 6.45) is 1.84. The van der Waals surface area contributed by atoms with Gasteiger partial charge in [0.25, 0.3) is 0 Å². The number of anilines is 1. The summed E-state index contributed by atoms with van der Waals surface area (Å²) < 4.78 is 5.60. The average Bonchev–Trinajstić information content (AvgIpc) is 3.01. The van der Waals surface area contributed by atoms with E-state index in [9.17, 15) is 5.11 Å². The summed E-state index contributed by atoms with van der Waals surface area (Å²) in [5.41, 5.74) is 2.65. The maximum absolute atomic E-state index is 10.2. The molecule has 1 unspecified atom stereocenters. The molecular weight excluding hydrogens is 282 g/mol. The second-order valence-electron chi connectivity index (χ2n) is 5.43. The number of thiophene rings is 1. The molecule has 1 N–H and O–H groups in total. The molecule has 0 amide bonds. The van der Waals surface area contributed by atoms with Crippen LogP contribution in [0.5, 0.6) is 0 Å². The van der Waals surface area contributed by atoms with Crippen molar-refractivity contribution < 1.29 is 9.84 Å². The molecule has 1 aromatic carbocycles. The van der Waals surface area contributed by atoms with Gasteiger partial charge in [-0.25, -0.2) is 0 Å². The van der Waals surface area contributed by atoms with E-state index in [-0.39, 0.29) is 0 Å². The van der Waals surface area contributed by atoms with Crippen molar-refractivity contribution >= 4 is 17.0 Å². The lowest BCUT2D eigenvalue weighted by molar-refractivity contribution is 0.0328. The summed E-state index contributed by atoms with van der Waals surface area (Å²) in [6, 6.07) is 12.6. The van der Waals surface area contributed by atoms with Crippen molar-refractivity contribution in [1.29, 1.82) is 0 Å². The highest BCUT2D eigenvalue weighted by Crippen LogP contribution is 2.26. The van der Waals surface area contributed by atoms with Crippen LogP contribution in [0.15, 0.2) is 41.8 Å². The predicted molar refractivity (Wildman–Crippen MR) is 87.0 cm³/mol. The fourth-order valence-electron chi connectivity index (χ4n) is 2.80. The number of para-hydroxylation sites is 1. The third-order valence-electron chi connectivity index (χ3n) is 3.77. The molecule has 0 radical (unpaired) electrons. The zero-order valence-corrected chi connectivity index (χ0v) is 12.9. The third-order valence-corrected chi connectivity index (χ3v) is 4.62. The van der Waals surface area contributed by atoms with Crippen molar-refractivity contribution in [3.63, 3.8) is 0 Å². The zero-order chi connectivity index (χ0) is 14.5. The number of β-amino-alcohol motifs (C(OH)–C–C–N with tert-alkyl or cyclic N) is 1. The van der Waals surface area contributed by atoms with Gasteiger partial charge >= 0.3 is 0 Å². The van der Waals surface area contributed by atoms with E-state index in [2.05, 4.69) is 35.2 Å². The maximum atomic E-state index is 10.2. The Morgan fingerprint density at radius 2 is 2.14 bits per heavy atom. The van der Waals surface area contributed by atoms with Gasteiger partial charge in [-0.1, -0.05) is 24.3 Å². The molecule has 1 atom stereocenters. The summed E-state index contributed by atoms with van der Waals surface area (Å²) >= 11 is 1.68. The topological polar surface area (TPSA) is 32.7 Å². The molecule has 4 heteroatoms. The number of aliphatic hydroxyl groups excluding tert-OH is 1. The molecule has 0 spiro atoms. The highest BCUT2D eigenvalue weighted by Gasteiger charge is 2.18. The molecule has 0 saturated carbocycles. The highest BCUT2D eigenvalue weighted by molar-refractivity contribution is 7.09. The number of hydrogen-bond donors (Lipinski definition) is 1. The van der Waals surface area contributed by atoms with Crippen LogP contribution >= 0.6 is 11.3 Å². The smallest absolute Gasteiger partial charge is 0.0948 e. The van der Waals surface area contributed by atoms with Crippen LogP contribution in [0, 0.1) is 0 Å². The standard InChI is InChI=1S/C17H21NO2S/c19-15(12-20-13-16-7-4-10-21-16)11-18-9-3-6-14-5-1-2-8-17(14)18/h1-2,4-5,7-8,10,15,19H,3,6,9,11-13H2. The monoisotopic (exact) mass is 303 g/mol. The molecule has 1 aromatic heterocycles. The Morgan fingerprint density at radius 3 is 3.00 bits per heavy atom. The van der Waals surface area contributed by atoms with Crippen LogP contribution in [0.3, 0.4) is 0 Å². The lowest BCUT2D eigenvalue weighted by atomic mass is 10.0. The molecule has 2 heterocycles. The van der Waals surface area contributed by atoms with Crippen LogP contribution in [0.25, 0.3) is 0 Å². The van der Waals surface area contributed by atoms with Crippen molar-refractivity contribution in [1.82, 2.24) is 0 Å². The third kappa shape index (κ3) is 3.84. The van der Waals surface area contributed by atoms with Crippen LogP contribution in [-0.2, 0) is 17.8 Å². The SMILES string of the molecule is OC(COCc1cccs1)CN1CCCc2ccccc21. The molecule has 2 aromatic rings. The number of aryl methyl sites for hydroxylation is 1. The second-order valence-corrected chi connectivity index (χ2v) is 6.46. The maximum Gasteiger partial charge on any atom is 0.0948 e. The molecule has 0 saturated heterocycles. The molecule has 0 fully saturated rings. The van der Waals surface area contributed by atoms with E-state index in [1.807, 2.05) is 11.4 Å². The quantitative estimate of drug-likeness (QED) is 0.890. The van der Waals surface area contributed by atoms with Gasteiger partial charge in [-0.2, -0.15) is 0 Å². The van der Waals surface area contributed by atoms with E-state index in [1.54, 1.807) is 11.3 Å². The Labute approximate surface area is 129 Å². The molecule has 3 rings (SSSR count). The molecule has 1 aliphatic rings. The first-order valence-corrected chi connectivity index (χ1v) is 8.32. The van der Waals surface area contributed by atoms with Gasteiger partial charge in [0.1, 0.15) is 0 Å². The summed E-state index contributed by atoms with van der Waals surface area (Å²) in [6.45, 7) is 2.63. The van der Waals surface area contributed by atoms with Gasteiger partial charge in [-0.05, 0) is 35.9 Å². The van der Waals surface area contributed by atoms with Gasteiger partial charge in [0.2, 0.25) is 0 Å². The minimum atomic E-state index is -0.448. The summed E-state index contributed by atoms with van der Waals surface area (Å²) in [4.78, 5) is 3.48. The van der Waals surface area contributed by atoms with E-state index in [0.29, 0.717) is 19.8 Å². The van der Waals surface area contributed by atoms with Gasteiger partial charge in [-0.3, -0.25) is 0 Å². The Hall–Kier alpha value is -1.36. The van der Waals surface area contributed by atoms with Crippen LogP contribution in [0.4, 0.5) is 5.69 Å². The predicted octanol–water partition coefficient (Wildman–Crippen LogP) is 3.08. The van der Waals surface area contributed by atoms with Gasteiger partial charge in [0.15, 0.2) is 0 Å². The molecule has 0 bridgehead atoms. The first kappa shape index (κ1) is 14.6. The van der Waals surface area contributed by atoms with Gasteiger partial charge < -0.3 is 14.7 Å². The largest absolute Gasteiger partial charge is 0.389 e. The number of aliphatic hydroxyl groups is 1. The fourth-order valence-corrected chi connectivity index (χ4v) is 3.44. The summed E-state index contributed by atoms with van der Waals surface area (Å²) in [5, 5.41) is 12.2. The number of benzene rings is 1. The second kappa shape index (κ2) is 7.07. The van der Waals surface area contributed by atoms with E-state index < -0.39 is 6.10 Å². The lowest BCUT2D eigenvalue weighted by Crippen LogP contribution is -2.38. The fraction of sp³-hybridized carbons (Fsp3) is 0.412. The molecule has 112 valence electrons. The Bertz CT molecular complexity index is 556. The minimum Gasteiger partial charge on any atom is -0.389 e. The summed E-state index contributed by atoms with van der Waals surface area (Å²) in [5.74, 6) is 0. The van der Waals surface area contributed by atoms with E-state index in [1.165, 1.54) is 16.1 Å². The van der Waals surface area contributed by atoms with E-state index in [0.717, 1.165) is 19.4 Å². The minimum absolute atomic E-state index is 0.385. The average molecular weight is 303 g/mol. The first-order valence-electron chi connectivity index (χ1n) is 7.44. The van der Waals surface area contributed by atoms with Crippen molar-refractivity contribution in [2.45, 2.75) is 25.6 Å². The molecule has 1 aliphatic heterocycles. The Morgan fingerprint density at radius 1 is 1.24 bits per heavy atom. The Kier molecular flexibility index (Phi) is 4.91. The lowest BCUT2D eigenvalue weighted by Gasteiger charge is -2.32. The molecular formula is C17H21NO2S. The number of hydrogen-bond acceptors (Lipinski definition) is 4. The van der Waals surface area contributed by atoms with Gasteiger partial charge in [0, 0.05) is 23.7 Å². The summed E-state index contributed by atoms with van der Waals surface area (Å²) in [7, 11) is 0.